The molecule has 0 unspecified atom stereocenters. The van der Waals surface area contributed by atoms with Gasteiger partial charge in [-0.2, -0.15) is 18.4 Å². The van der Waals surface area contributed by atoms with E-state index in [-0.39, 0.29) is 24.5 Å². The molecule has 1 heterocycles. The molecule has 3 N–H and O–H groups in total. The molecule has 1 aromatic rings. The summed E-state index contributed by atoms with van der Waals surface area (Å²) in [5.74, 6) is -0.0947. The third-order valence-corrected chi connectivity index (χ3v) is 1.74. The van der Waals surface area contributed by atoms with Crippen molar-refractivity contribution in [1.29, 1.82) is 5.26 Å². The lowest BCUT2D eigenvalue weighted by molar-refractivity contribution is -0.141. The van der Waals surface area contributed by atoms with Gasteiger partial charge in [0.25, 0.3) is 0 Å². The van der Waals surface area contributed by atoms with E-state index in [4.69, 9.17) is 11.0 Å². The van der Waals surface area contributed by atoms with Gasteiger partial charge in [0.15, 0.2) is 0 Å². The van der Waals surface area contributed by atoms with Crippen LogP contribution >= 0.6 is 0 Å². The zero-order valence-corrected chi connectivity index (χ0v) is 8.17. The molecule has 0 atom stereocenters. The Morgan fingerprint density at radius 1 is 1.44 bits per heavy atom. The predicted octanol–water partition coefficient (Wildman–Crippen LogP) is 1.34. The Hall–Kier alpha value is -1.81. The molecule has 0 aliphatic heterocycles. The minimum Gasteiger partial charge on any atom is -0.368 e. The molecular weight excluding hydrogens is 221 g/mol. The van der Waals surface area contributed by atoms with Crippen LogP contribution in [0.1, 0.15) is 11.3 Å². The molecule has 1 rings (SSSR count). The van der Waals surface area contributed by atoms with E-state index in [1.807, 2.05) is 0 Å². The summed E-state index contributed by atoms with van der Waals surface area (Å²) in [5, 5.41) is 11.2. The van der Waals surface area contributed by atoms with Gasteiger partial charge in [-0.15, -0.1) is 0 Å². The summed E-state index contributed by atoms with van der Waals surface area (Å²) < 4.78 is 37.0. The number of halogens is 3. The lowest BCUT2D eigenvalue weighted by atomic mass is 10.2. The number of anilines is 1. The van der Waals surface area contributed by atoms with Crippen LogP contribution in [0, 0.1) is 11.3 Å². The standard InChI is InChI=1S/C9H9F3N4/c10-9(11,12)7-2-1-6(5-14)8(16-7)15-4-3-13/h1-2H,3-4,13H2,(H,15,16). The monoisotopic (exact) mass is 230 g/mol. The minimum atomic E-state index is -4.52. The van der Waals surface area contributed by atoms with Gasteiger partial charge in [-0.1, -0.05) is 0 Å². The Labute approximate surface area is 89.9 Å². The second-order valence-electron chi connectivity index (χ2n) is 2.92. The number of nitrogens with two attached hydrogens (primary N) is 1. The Morgan fingerprint density at radius 3 is 2.62 bits per heavy atom. The van der Waals surface area contributed by atoms with E-state index in [1.54, 1.807) is 6.07 Å². The molecular formula is C9H9F3N4. The Bertz CT molecular complexity index is 408. The van der Waals surface area contributed by atoms with Crippen molar-refractivity contribution in [3.8, 4) is 6.07 Å². The third-order valence-electron chi connectivity index (χ3n) is 1.74. The van der Waals surface area contributed by atoms with Gasteiger partial charge in [-0.3, -0.25) is 0 Å². The fourth-order valence-corrected chi connectivity index (χ4v) is 1.03. The van der Waals surface area contributed by atoms with Crippen molar-refractivity contribution in [1.82, 2.24) is 4.98 Å². The fraction of sp³-hybridized carbons (Fsp3) is 0.333. The minimum absolute atomic E-state index is 0.0569. The van der Waals surface area contributed by atoms with E-state index in [9.17, 15) is 13.2 Å². The van der Waals surface area contributed by atoms with Gasteiger partial charge in [0.1, 0.15) is 17.6 Å². The van der Waals surface area contributed by atoms with E-state index >= 15 is 0 Å². The first-order chi connectivity index (χ1) is 7.49. The topological polar surface area (TPSA) is 74.7 Å². The van der Waals surface area contributed by atoms with E-state index < -0.39 is 11.9 Å². The highest BCUT2D eigenvalue weighted by molar-refractivity contribution is 5.52. The number of aromatic nitrogens is 1. The first-order valence-electron chi connectivity index (χ1n) is 4.41. The normalized spacial score (nSPS) is 10.9. The van der Waals surface area contributed by atoms with E-state index in [1.165, 1.54) is 0 Å². The van der Waals surface area contributed by atoms with Crippen molar-refractivity contribution in [2.45, 2.75) is 6.18 Å². The van der Waals surface area contributed by atoms with E-state index in [0.717, 1.165) is 12.1 Å². The molecule has 4 nitrogen and oxygen atoms in total. The van der Waals surface area contributed by atoms with Gasteiger partial charge in [0.2, 0.25) is 0 Å². The van der Waals surface area contributed by atoms with Gasteiger partial charge >= 0.3 is 6.18 Å². The van der Waals surface area contributed by atoms with Gasteiger partial charge in [-0.05, 0) is 12.1 Å². The van der Waals surface area contributed by atoms with Crippen molar-refractivity contribution in [2.24, 2.45) is 5.73 Å². The number of pyridine rings is 1. The summed E-state index contributed by atoms with van der Waals surface area (Å²) in [6.07, 6.45) is -4.52. The Morgan fingerprint density at radius 2 is 2.12 bits per heavy atom. The summed E-state index contributed by atoms with van der Waals surface area (Å²) >= 11 is 0. The molecule has 86 valence electrons. The summed E-state index contributed by atoms with van der Waals surface area (Å²) in [6.45, 7) is 0.492. The number of nitrogens with one attached hydrogen (secondary N) is 1. The molecule has 0 saturated carbocycles. The number of alkyl halides is 3. The van der Waals surface area contributed by atoms with E-state index in [2.05, 4.69) is 10.3 Å². The SMILES string of the molecule is N#Cc1ccc(C(F)(F)F)nc1NCCN. The first kappa shape index (κ1) is 12.3. The van der Waals surface area contributed by atoms with Crippen LogP contribution in [-0.2, 0) is 6.18 Å². The predicted molar refractivity (Wildman–Crippen MR) is 51.5 cm³/mol. The smallest absolute Gasteiger partial charge is 0.368 e. The van der Waals surface area contributed by atoms with Crippen molar-refractivity contribution in [2.75, 3.05) is 18.4 Å². The molecule has 0 aromatic carbocycles. The molecule has 1 aromatic heterocycles. The highest BCUT2D eigenvalue weighted by atomic mass is 19.4. The van der Waals surface area contributed by atoms with Crippen molar-refractivity contribution in [3.63, 3.8) is 0 Å². The van der Waals surface area contributed by atoms with Crippen molar-refractivity contribution >= 4 is 5.82 Å². The van der Waals surface area contributed by atoms with Gasteiger partial charge in [-0.25, -0.2) is 4.98 Å². The van der Waals surface area contributed by atoms with Gasteiger partial charge < -0.3 is 11.1 Å². The maximum atomic E-state index is 12.3. The molecule has 0 aliphatic rings. The van der Waals surface area contributed by atoms with Crippen LogP contribution < -0.4 is 11.1 Å². The van der Waals surface area contributed by atoms with Crippen LogP contribution in [0.5, 0.6) is 0 Å². The number of hydrogen-bond acceptors (Lipinski definition) is 4. The van der Waals surface area contributed by atoms with Crippen LogP contribution in [0.25, 0.3) is 0 Å². The van der Waals surface area contributed by atoms with Crippen molar-refractivity contribution < 1.29 is 13.2 Å². The molecule has 0 saturated heterocycles. The number of nitrogens with zero attached hydrogens (tertiary/aromatic N) is 2. The van der Waals surface area contributed by atoms with Crippen LogP contribution in [0.4, 0.5) is 19.0 Å². The second-order valence-corrected chi connectivity index (χ2v) is 2.92. The number of nitriles is 1. The summed E-state index contributed by atoms with van der Waals surface area (Å²) in [4.78, 5) is 3.34. The summed E-state index contributed by atoms with van der Waals surface area (Å²) in [6, 6.07) is 3.60. The highest BCUT2D eigenvalue weighted by Gasteiger charge is 2.33. The highest BCUT2D eigenvalue weighted by Crippen LogP contribution is 2.29. The summed E-state index contributed by atoms with van der Waals surface area (Å²) in [5.41, 5.74) is 4.22. The van der Waals surface area contributed by atoms with Crippen LogP contribution in [0.15, 0.2) is 12.1 Å². The maximum Gasteiger partial charge on any atom is 0.433 e. The lowest BCUT2D eigenvalue weighted by Gasteiger charge is -2.10. The first-order valence-corrected chi connectivity index (χ1v) is 4.41. The zero-order valence-electron chi connectivity index (χ0n) is 8.17. The zero-order chi connectivity index (χ0) is 12.2. The fourth-order valence-electron chi connectivity index (χ4n) is 1.03. The van der Waals surface area contributed by atoms with Crippen LogP contribution in [0.2, 0.25) is 0 Å². The van der Waals surface area contributed by atoms with Gasteiger partial charge in [0.05, 0.1) is 5.56 Å². The van der Waals surface area contributed by atoms with Gasteiger partial charge in [0, 0.05) is 13.1 Å². The molecule has 0 radical (unpaired) electrons. The molecule has 0 aliphatic carbocycles. The molecule has 0 amide bonds. The van der Waals surface area contributed by atoms with E-state index in [0.29, 0.717) is 0 Å². The Balaban J connectivity index is 3.07. The summed E-state index contributed by atoms with van der Waals surface area (Å²) in [7, 11) is 0. The molecule has 16 heavy (non-hydrogen) atoms. The number of hydrogen-bond donors (Lipinski definition) is 2. The number of rotatable bonds is 3. The Kier molecular flexibility index (Phi) is 3.68. The molecule has 7 heteroatoms. The van der Waals surface area contributed by atoms with Crippen molar-refractivity contribution in [3.05, 3.63) is 23.4 Å². The third kappa shape index (κ3) is 2.84. The maximum absolute atomic E-state index is 12.3. The quantitative estimate of drug-likeness (QED) is 0.821. The lowest BCUT2D eigenvalue weighted by Crippen LogP contribution is -2.16. The molecule has 0 fully saturated rings. The average Bonchev–Trinajstić information content (AvgIpc) is 2.24. The van der Waals surface area contributed by atoms with Crippen LogP contribution in [-0.4, -0.2) is 18.1 Å². The average molecular weight is 230 g/mol. The largest absolute Gasteiger partial charge is 0.433 e. The second kappa shape index (κ2) is 4.81. The van der Waals surface area contributed by atoms with Crippen LogP contribution in [0.3, 0.4) is 0 Å². The molecule has 0 bridgehead atoms. The molecule has 0 spiro atoms.